The Kier molecular flexibility index (Phi) is 4.35. The molecule has 0 unspecified atom stereocenters. The Labute approximate surface area is 114 Å². The maximum Gasteiger partial charge on any atom is 0.271 e. The van der Waals surface area contributed by atoms with E-state index in [1.807, 2.05) is 6.07 Å². The zero-order chi connectivity index (χ0) is 13.7. The second kappa shape index (κ2) is 5.99. The largest absolute Gasteiger partial charge is 0.368 e. The summed E-state index contributed by atoms with van der Waals surface area (Å²) in [6.07, 6.45) is 6.44. The molecular formula is C14H22N4O. The fourth-order valence-corrected chi connectivity index (χ4v) is 2.73. The maximum absolute atomic E-state index is 11.4. The summed E-state index contributed by atoms with van der Waals surface area (Å²) in [7, 11) is 1.58. The van der Waals surface area contributed by atoms with E-state index in [0.29, 0.717) is 11.1 Å². The highest BCUT2D eigenvalue weighted by Gasteiger charge is 2.31. The first-order valence-electron chi connectivity index (χ1n) is 6.99. The number of nitrogens with zero attached hydrogens (tertiary/aromatic N) is 2. The van der Waals surface area contributed by atoms with Gasteiger partial charge in [0.1, 0.15) is 5.82 Å². The van der Waals surface area contributed by atoms with Gasteiger partial charge in [0.15, 0.2) is 5.69 Å². The van der Waals surface area contributed by atoms with E-state index in [2.05, 4.69) is 27.8 Å². The monoisotopic (exact) mass is 262 g/mol. The lowest BCUT2D eigenvalue weighted by Crippen LogP contribution is -2.26. The van der Waals surface area contributed by atoms with Crippen LogP contribution in [0, 0.1) is 5.41 Å². The molecule has 1 aromatic heterocycles. The normalized spacial score (nSPS) is 17.2. The number of hydrogen-bond donors (Lipinski definition) is 2. The first-order valence-corrected chi connectivity index (χ1v) is 6.99. The van der Waals surface area contributed by atoms with Crippen LogP contribution >= 0.6 is 0 Å². The molecule has 5 nitrogen and oxygen atoms in total. The number of rotatable bonds is 5. The molecule has 0 aromatic carbocycles. The van der Waals surface area contributed by atoms with Crippen LogP contribution in [0.2, 0.25) is 0 Å². The summed E-state index contributed by atoms with van der Waals surface area (Å²) in [5, 5.41) is 13.9. The molecule has 0 atom stereocenters. The van der Waals surface area contributed by atoms with Crippen LogP contribution in [0.5, 0.6) is 0 Å². The van der Waals surface area contributed by atoms with Crippen molar-refractivity contribution in [3.63, 3.8) is 0 Å². The summed E-state index contributed by atoms with van der Waals surface area (Å²) in [6.45, 7) is 3.20. The Morgan fingerprint density at radius 2 is 2.05 bits per heavy atom. The van der Waals surface area contributed by atoms with Gasteiger partial charge in [0.25, 0.3) is 5.91 Å². The summed E-state index contributed by atoms with van der Waals surface area (Å²) in [5.74, 6) is 0.534. The third-order valence-corrected chi connectivity index (χ3v) is 4.18. The van der Waals surface area contributed by atoms with Gasteiger partial charge in [0.2, 0.25) is 0 Å². The van der Waals surface area contributed by atoms with E-state index in [4.69, 9.17) is 0 Å². The number of anilines is 1. The van der Waals surface area contributed by atoms with Crippen molar-refractivity contribution in [2.24, 2.45) is 5.41 Å². The van der Waals surface area contributed by atoms with Crippen molar-refractivity contribution < 1.29 is 4.79 Å². The molecule has 1 amide bonds. The van der Waals surface area contributed by atoms with Crippen LogP contribution in [0.4, 0.5) is 5.82 Å². The molecule has 5 heteroatoms. The lowest BCUT2D eigenvalue weighted by Gasteiger charge is -2.27. The summed E-state index contributed by atoms with van der Waals surface area (Å²) < 4.78 is 0. The minimum absolute atomic E-state index is 0.208. The third kappa shape index (κ3) is 3.22. The fraction of sp³-hybridized carbons (Fsp3) is 0.643. The number of carbonyl (C=O) groups excluding carboxylic acids is 1. The fourth-order valence-electron chi connectivity index (χ4n) is 2.73. The van der Waals surface area contributed by atoms with E-state index in [0.717, 1.165) is 12.4 Å². The minimum Gasteiger partial charge on any atom is -0.368 e. The topological polar surface area (TPSA) is 66.9 Å². The molecule has 1 fully saturated rings. The van der Waals surface area contributed by atoms with Crippen molar-refractivity contribution in [3.8, 4) is 0 Å². The van der Waals surface area contributed by atoms with Gasteiger partial charge in [-0.1, -0.05) is 19.8 Å². The summed E-state index contributed by atoms with van der Waals surface area (Å²) in [6, 6.07) is 3.51. The molecule has 1 aromatic rings. The Morgan fingerprint density at radius 3 is 2.58 bits per heavy atom. The predicted octanol–water partition coefficient (Wildman–Crippen LogP) is 2.22. The summed E-state index contributed by atoms with van der Waals surface area (Å²) in [5.41, 5.74) is 0.764. The van der Waals surface area contributed by atoms with Gasteiger partial charge in [-0.15, -0.1) is 10.2 Å². The highest BCUT2D eigenvalue weighted by atomic mass is 16.1. The van der Waals surface area contributed by atoms with Crippen LogP contribution in [0.3, 0.4) is 0 Å². The Hall–Kier alpha value is -1.65. The van der Waals surface area contributed by atoms with Gasteiger partial charge in [-0.2, -0.15) is 0 Å². The second-order valence-electron chi connectivity index (χ2n) is 5.30. The Balaban J connectivity index is 1.94. The van der Waals surface area contributed by atoms with Crippen molar-refractivity contribution in [3.05, 3.63) is 17.8 Å². The van der Waals surface area contributed by atoms with Gasteiger partial charge in [-0.3, -0.25) is 4.79 Å². The Bertz CT molecular complexity index is 424. The molecule has 0 aliphatic heterocycles. The van der Waals surface area contributed by atoms with Crippen LogP contribution in [0.1, 0.15) is 49.5 Å². The predicted molar refractivity (Wildman–Crippen MR) is 75.1 cm³/mol. The standard InChI is InChI=1S/C14H22N4O/c1-3-14(8-4-5-9-14)10-16-12-7-6-11(17-18-12)13(19)15-2/h6-7H,3-5,8-10H2,1-2H3,(H,15,19)(H,16,18). The molecule has 2 rings (SSSR count). The molecule has 1 saturated carbocycles. The number of hydrogen-bond acceptors (Lipinski definition) is 4. The van der Waals surface area contributed by atoms with Crippen LogP contribution in [-0.4, -0.2) is 29.7 Å². The van der Waals surface area contributed by atoms with E-state index in [1.54, 1.807) is 13.1 Å². The number of carbonyl (C=O) groups is 1. The highest BCUT2D eigenvalue weighted by molar-refractivity contribution is 5.91. The van der Waals surface area contributed by atoms with E-state index >= 15 is 0 Å². The summed E-state index contributed by atoms with van der Waals surface area (Å²) in [4.78, 5) is 11.4. The molecular weight excluding hydrogens is 240 g/mol. The lowest BCUT2D eigenvalue weighted by molar-refractivity contribution is 0.0957. The molecule has 0 saturated heterocycles. The van der Waals surface area contributed by atoms with Crippen molar-refractivity contribution in [2.45, 2.75) is 39.0 Å². The van der Waals surface area contributed by atoms with Crippen LogP contribution in [0.15, 0.2) is 12.1 Å². The molecule has 0 spiro atoms. The van der Waals surface area contributed by atoms with Crippen LogP contribution in [0.25, 0.3) is 0 Å². The van der Waals surface area contributed by atoms with Crippen LogP contribution in [-0.2, 0) is 0 Å². The van der Waals surface area contributed by atoms with Crippen molar-refractivity contribution in [1.82, 2.24) is 15.5 Å². The first-order chi connectivity index (χ1) is 9.19. The van der Waals surface area contributed by atoms with Crippen molar-refractivity contribution >= 4 is 11.7 Å². The van der Waals surface area contributed by atoms with Crippen LogP contribution < -0.4 is 10.6 Å². The summed E-state index contributed by atoms with van der Waals surface area (Å²) >= 11 is 0. The first kappa shape index (κ1) is 13.8. The molecule has 0 radical (unpaired) electrons. The van der Waals surface area contributed by atoms with Gasteiger partial charge >= 0.3 is 0 Å². The third-order valence-electron chi connectivity index (χ3n) is 4.18. The molecule has 0 bridgehead atoms. The average Bonchev–Trinajstić information content (AvgIpc) is 2.94. The second-order valence-corrected chi connectivity index (χ2v) is 5.30. The smallest absolute Gasteiger partial charge is 0.271 e. The van der Waals surface area contributed by atoms with E-state index in [1.165, 1.54) is 32.1 Å². The minimum atomic E-state index is -0.208. The SMILES string of the molecule is CCC1(CNc2ccc(C(=O)NC)nn2)CCCC1. The highest BCUT2D eigenvalue weighted by Crippen LogP contribution is 2.40. The van der Waals surface area contributed by atoms with E-state index in [-0.39, 0.29) is 5.91 Å². The zero-order valence-electron chi connectivity index (χ0n) is 11.7. The van der Waals surface area contributed by atoms with Crippen molar-refractivity contribution in [1.29, 1.82) is 0 Å². The zero-order valence-corrected chi connectivity index (χ0v) is 11.7. The molecule has 1 heterocycles. The maximum atomic E-state index is 11.4. The molecule has 104 valence electrons. The molecule has 1 aliphatic carbocycles. The van der Waals surface area contributed by atoms with Gasteiger partial charge in [-0.25, -0.2) is 0 Å². The number of nitrogens with one attached hydrogen (secondary N) is 2. The molecule has 19 heavy (non-hydrogen) atoms. The van der Waals surface area contributed by atoms with Gasteiger partial charge < -0.3 is 10.6 Å². The molecule has 2 N–H and O–H groups in total. The quantitative estimate of drug-likeness (QED) is 0.854. The van der Waals surface area contributed by atoms with E-state index in [9.17, 15) is 4.79 Å². The lowest BCUT2D eigenvalue weighted by atomic mass is 9.83. The van der Waals surface area contributed by atoms with Gasteiger partial charge in [-0.05, 0) is 36.8 Å². The number of amides is 1. The average molecular weight is 262 g/mol. The number of aromatic nitrogens is 2. The van der Waals surface area contributed by atoms with Gasteiger partial charge in [0.05, 0.1) is 0 Å². The van der Waals surface area contributed by atoms with Crippen molar-refractivity contribution in [2.75, 3.05) is 18.9 Å². The van der Waals surface area contributed by atoms with E-state index < -0.39 is 0 Å². The molecule has 1 aliphatic rings. The Morgan fingerprint density at radius 1 is 1.32 bits per heavy atom. The van der Waals surface area contributed by atoms with Gasteiger partial charge in [0, 0.05) is 13.6 Å².